The molecule has 3 heterocycles. The van der Waals surface area contributed by atoms with Crippen LogP contribution in [0.25, 0.3) is 5.69 Å². The molecule has 7 nitrogen and oxygen atoms in total. The van der Waals surface area contributed by atoms with Crippen LogP contribution in [0.1, 0.15) is 6.42 Å². The van der Waals surface area contributed by atoms with E-state index < -0.39 is 11.6 Å². The van der Waals surface area contributed by atoms with E-state index in [0.29, 0.717) is 46.5 Å². The van der Waals surface area contributed by atoms with Crippen LogP contribution in [0.2, 0.25) is 10.2 Å². The molecule has 0 amide bonds. The van der Waals surface area contributed by atoms with Crippen molar-refractivity contribution in [1.29, 1.82) is 0 Å². The molecule has 0 saturated carbocycles. The lowest BCUT2D eigenvalue weighted by Gasteiger charge is -2.27. The van der Waals surface area contributed by atoms with Crippen molar-refractivity contribution in [1.82, 2.24) is 24.3 Å². The fourth-order valence-electron chi connectivity index (χ4n) is 3.47. The maximum absolute atomic E-state index is 13.7. The Labute approximate surface area is 185 Å². The van der Waals surface area contributed by atoms with Crippen LogP contribution < -0.4 is 10.2 Å². The Morgan fingerprint density at radius 3 is 2.61 bits per heavy atom. The molecule has 0 bridgehead atoms. The van der Waals surface area contributed by atoms with E-state index in [-0.39, 0.29) is 0 Å². The van der Waals surface area contributed by atoms with Crippen molar-refractivity contribution in [3.8, 4) is 5.69 Å². The van der Waals surface area contributed by atoms with Gasteiger partial charge in [-0.3, -0.25) is 0 Å². The first-order valence-electron chi connectivity index (χ1n) is 9.42. The van der Waals surface area contributed by atoms with Gasteiger partial charge in [0.15, 0.2) is 11.6 Å². The summed E-state index contributed by atoms with van der Waals surface area (Å²) in [7, 11) is 0. The van der Waals surface area contributed by atoms with E-state index in [4.69, 9.17) is 23.2 Å². The van der Waals surface area contributed by atoms with Crippen LogP contribution in [0.15, 0.2) is 48.9 Å². The highest BCUT2D eigenvalue weighted by molar-refractivity contribution is 6.32. The molecule has 2 aromatic heterocycles. The zero-order valence-corrected chi connectivity index (χ0v) is 17.4. The largest absolute Gasteiger partial charge is 0.323 e. The first kappa shape index (κ1) is 19.8. The summed E-state index contributed by atoms with van der Waals surface area (Å²) in [4.78, 5) is 10.3. The van der Waals surface area contributed by atoms with Crippen LogP contribution in [0, 0.1) is 11.6 Å². The third kappa shape index (κ3) is 3.82. The summed E-state index contributed by atoms with van der Waals surface area (Å²) < 4.78 is 30.5. The molecule has 1 aliphatic heterocycles. The van der Waals surface area contributed by atoms with Crippen LogP contribution >= 0.6 is 23.2 Å². The van der Waals surface area contributed by atoms with Gasteiger partial charge in [0.2, 0.25) is 11.9 Å². The number of anilines is 4. The molecular weight excluding hydrogens is 447 g/mol. The second-order valence-electron chi connectivity index (χ2n) is 6.96. The van der Waals surface area contributed by atoms with Crippen molar-refractivity contribution < 1.29 is 8.78 Å². The van der Waals surface area contributed by atoms with Crippen LogP contribution in [0.3, 0.4) is 0 Å². The summed E-state index contributed by atoms with van der Waals surface area (Å²) >= 11 is 12.3. The normalized spacial score (nSPS) is 13.4. The van der Waals surface area contributed by atoms with Crippen LogP contribution in [-0.4, -0.2) is 30.9 Å². The van der Waals surface area contributed by atoms with E-state index in [9.17, 15) is 8.78 Å². The van der Waals surface area contributed by atoms with Crippen LogP contribution in [0.5, 0.6) is 0 Å². The first-order chi connectivity index (χ1) is 15.0. The predicted molar refractivity (Wildman–Crippen MR) is 115 cm³/mol. The van der Waals surface area contributed by atoms with E-state index in [1.54, 1.807) is 27.8 Å². The lowest BCUT2D eigenvalue weighted by Crippen LogP contribution is -2.28. The molecule has 5 rings (SSSR count). The molecule has 0 aliphatic carbocycles. The van der Waals surface area contributed by atoms with E-state index in [2.05, 4.69) is 20.4 Å². The number of fused-ring (bicyclic) bond motifs is 1. The number of aryl methyl sites for hydroxylation is 1. The van der Waals surface area contributed by atoms with Crippen LogP contribution in [0.4, 0.5) is 32.1 Å². The standard InChI is InChI=1S/C20H15Cl2F2N7/c21-14-8-12(2-5-17(14)29-10-18(22)25-11-29)26-19-27-20-30(6-1-7-31(20)28-19)13-3-4-15(23)16(24)9-13/h2-5,8-11H,1,6-7H2,(H,26,28). The van der Waals surface area contributed by atoms with E-state index in [1.165, 1.54) is 6.07 Å². The molecule has 0 fully saturated rings. The molecular formula is C20H15Cl2F2N7. The number of halogens is 4. The SMILES string of the molecule is Fc1ccc(N2CCCn3nc(Nc4ccc(-n5cnc(Cl)c5)c(Cl)c4)nc32)cc1F. The molecule has 158 valence electrons. The summed E-state index contributed by atoms with van der Waals surface area (Å²) in [6.07, 6.45) is 4.03. The van der Waals surface area contributed by atoms with Crippen molar-refractivity contribution >= 4 is 46.5 Å². The number of benzene rings is 2. The van der Waals surface area contributed by atoms with Gasteiger partial charge in [0.1, 0.15) is 11.5 Å². The Morgan fingerprint density at radius 1 is 1.00 bits per heavy atom. The van der Waals surface area contributed by atoms with Gasteiger partial charge in [-0.15, -0.1) is 5.10 Å². The summed E-state index contributed by atoms with van der Waals surface area (Å²) in [5.74, 6) is -0.862. The van der Waals surface area contributed by atoms with Gasteiger partial charge < -0.3 is 14.8 Å². The van der Waals surface area contributed by atoms with Crippen molar-refractivity contribution in [2.24, 2.45) is 0 Å². The van der Waals surface area contributed by atoms with E-state index >= 15 is 0 Å². The molecule has 1 N–H and O–H groups in total. The Bertz CT molecular complexity index is 1270. The van der Waals surface area contributed by atoms with Gasteiger partial charge in [-0.25, -0.2) is 18.4 Å². The van der Waals surface area contributed by atoms with Crippen molar-refractivity contribution in [2.45, 2.75) is 13.0 Å². The average molecular weight is 462 g/mol. The smallest absolute Gasteiger partial charge is 0.248 e. The minimum absolute atomic E-state index is 0.372. The molecule has 0 atom stereocenters. The highest BCUT2D eigenvalue weighted by Gasteiger charge is 2.23. The zero-order chi connectivity index (χ0) is 21.5. The van der Waals surface area contributed by atoms with Gasteiger partial charge in [-0.2, -0.15) is 4.98 Å². The third-order valence-corrected chi connectivity index (χ3v) is 5.39. The maximum Gasteiger partial charge on any atom is 0.248 e. The van der Waals surface area contributed by atoms with Gasteiger partial charge in [0, 0.05) is 36.7 Å². The molecule has 2 aromatic carbocycles. The Kier molecular flexibility index (Phi) is 4.99. The minimum atomic E-state index is -0.901. The first-order valence-corrected chi connectivity index (χ1v) is 10.2. The topological polar surface area (TPSA) is 63.8 Å². The molecule has 0 saturated heterocycles. The highest BCUT2D eigenvalue weighted by Crippen LogP contribution is 2.31. The lowest BCUT2D eigenvalue weighted by molar-refractivity contribution is 0.506. The van der Waals surface area contributed by atoms with Crippen LogP contribution in [-0.2, 0) is 6.54 Å². The van der Waals surface area contributed by atoms with E-state index in [0.717, 1.165) is 24.2 Å². The second-order valence-corrected chi connectivity index (χ2v) is 7.75. The van der Waals surface area contributed by atoms with Gasteiger partial charge in [0.05, 0.1) is 10.7 Å². The highest BCUT2D eigenvalue weighted by atomic mass is 35.5. The molecule has 0 spiro atoms. The average Bonchev–Trinajstić information content (AvgIpc) is 3.35. The third-order valence-electron chi connectivity index (χ3n) is 4.89. The fraction of sp³-hybridized carbons (Fsp3) is 0.150. The van der Waals surface area contributed by atoms with Gasteiger partial charge in [0.25, 0.3) is 0 Å². The number of nitrogens with zero attached hydrogens (tertiary/aromatic N) is 6. The Morgan fingerprint density at radius 2 is 1.87 bits per heavy atom. The monoisotopic (exact) mass is 461 g/mol. The second kappa shape index (κ2) is 7.82. The molecule has 31 heavy (non-hydrogen) atoms. The molecule has 1 aliphatic rings. The summed E-state index contributed by atoms with van der Waals surface area (Å²) in [5, 5.41) is 8.49. The summed E-state index contributed by atoms with van der Waals surface area (Å²) in [5.41, 5.74) is 1.95. The Balaban J connectivity index is 1.41. The fourth-order valence-corrected chi connectivity index (χ4v) is 3.89. The van der Waals surface area contributed by atoms with Gasteiger partial charge >= 0.3 is 0 Å². The maximum atomic E-state index is 13.7. The number of rotatable bonds is 4. The lowest BCUT2D eigenvalue weighted by atomic mass is 10.2. The summed E-state index contributed by atoms with van der Waals surface area (Å²) in [6, 6.07) is 9.20. The predicted octanol–water partition coefficient (Wildman–Crippen LogP) is 5.33. The van der Waals surface area contributed by atoms with Crippen molar-refractivity contribution in [3.63, 3.8) is 0 Å². The van der Waals surface area contributed by atoms with E-state index in [1.807, 2.05) is 17.0 Å². The molecule has 4 aromatic rings. The van der Waals surface area contributed by atoms with Crippen molar-refractivity contribution in [3.05, 3.63) is 70.7 Å². The number of hydrogen-bond donors (Lipinski definition) is 1. The Hall–Kier alpha value is -3.17. The van der Waals surface area contributed by atoms with Crippen molar-refractivity contribution in [2.75, 3.05) is 16.8 Å². The molecule has 11 heteroatoms. The molecule has 0 unspecified atom stereocenters. The number of hydrogen-bond acceptors (Lipinski definition) is 5. The molecule has 0 radical (unpaired) electrons. The quantitative estimate of drug-likeness (QED) is 0.444. The number of nitrogens with one attached hydrogen (secondary N) is 1. The van der Waals surface area contributed by atoms with Gasteiger partial charge in [-0.05, 0) is 36.8 Å². The number of imidazole rings is 1. The minimum Gasteiger partial charge on any atom is -0.323 e. The number of aromatic nitrogens is 5. The van der Waals surface area contributed by atoms with Gasteiger partial charge in [-0.1, -0.05) is 23.2 Å². The summed E-state index contributed by atoms with van der Waals surface area (Å²) in [6.45, 7) is 1.29. The zero-order valence-electron chi connectivity index (χ0n) is 15.9.